The number of nitrogens with one attached hydrogen (secondary N) is 1. The molecule has 0 radical (unpaired) electrons. The van der Waals surface area contributed by atoms with E-state index in [2.05, 4.69) is 5.43 Å². The first-order chi connectivity index (χ1) is 8.22. The fraction of sp³-hybridized carbons (Fsp3) is 0.333. The fourth-order valence-electron chi connectivity index (χ4n) is 1.84. The Morgan fingerprint density at radius 1 is 1.35 bits per heavy atom. The molecule has 0 spiro atoms. The molecule has 1 heterocycles. The van der Waals surface area contributed by atoms with Gasteiger partial charge in [-0.1, -0.05) is 6.07 Å². The third-order valence-corrected chi connectivity index (χ3v) is 2.69. The summed E-state index contributed by atoms with van der Waals surface area (Å²) in [5, 5.41) is 0. The van der Waals surface area contributed by atoms with Gasteiger partial charge in [-0.05, 0) is 25.0 Å². The number of rotatable bonds is 3. The van der Waals surface area contributed by atoms with E-state index in [0.29, 0.717) is 12.4 Å². The predicted molar refractivity (Wildman–Crippen MR) is 59.7 cm³/mol. The highest BCUT2D eigenvalue weighted by Crippen LogP contribution is 2.27. The van der Waals surface area contributed by atoms with Crippen LogP contribution in [-0.4, -0.2) is 6.61 Å². The van der Waals surface area contributed by atoms with Crippen molar-refractivity contribution in [3.63, 3.8) is 0 Å². The molecule has 1 aliphatic heterocycles. The Balaban J connectivity index is 2.31. The maximum Gasteiger partial charge on any atom is 0.131 e. The maximum absolute atomic E-state index is 13.6. The van der Waals surface area contributed by atoms with E-state index in [1.54, 1.807) is 0 Å². The highest BCUT2D eigenvalue weighted by molar-refractivity contribution is 5.28. The van der Waals surface area contributed by atoms with Gasteiger partial charge >= 0.3 is 0 Å². The van der Waals surface area contributed by atoms with Crippen LogP contribution >= 0.6 is 0 Å². The summed E-state index contributed by atoms with van der Waals surface area (Å²) in [5.74, 6) is 4.75. The summed E-state index contributed by atoms with van der Waals surface area (Å²) >= 11 is 0. The number of halogens is 2. The minimum absolute atomic E-state index is 0.280. The van der Waals surface area contributed by atoms with E-state index in [0.717, 1.165) is 18.9 Å². The van der Waals surface area contributed by atoms with Crippen LogP contribution in [0.2, 0.25) is 0 Å². The van der Waals surface area contributed by atoms with Gasteiger partial charge in [0.15, 0.2) is 0 Å². The van der Waals surface area contributed by atoms with Crippen molar-refractivity contribution < 1.29 is 13.5 Å². The molecular weight excluding hydrogens is 226 g/mol. The summed E-state index contributed by atoms with van der Waals surface area (Å²) in [6.45, 7) is 0.590. The van der Waals surface area contributed by atoms with Gasteiger partial charge in [0.2, 0.25) is 0 Å². The number of benzene rings is 1. The zero-order valence-electron chi connectivity index (χ0n) is 9.25. The number of allylic oxidation sites excluding steroid dienone is 1. The van der Waals surface area contributed by atoms with E-state index in [-0.39, 0.29) is 5.56 Å². The average Bonchev–Trinajstić information content (AvgIpc) is 2.34. The zero-order chi connectivity index (χ0) is 12.3. The van der Waals surface area contributed by atoms with Crippen molar-refractivity contribution in [3.05, 3.63) is 47.2 Å². The van der Waals surface area contributed by atoms with Crippen molar-refractivity contribution in [2.75, 3.05) is 6.61 Å². The van der Waals surface area contributed by atoms with Gasteiger partial charge in [-0.25, -0.2) is 14.2 Å². The van der Waals surface area contributed by atoms with E-state index >= 15 is 0 Å². The molecule has 1 aromatic carbocycles. The molecule has 0 amide bonds. The number of hydrogen-bond donors (Lipinski definition) is 2. The molecule has 3 N–H and O–H groups in total. The molecule has 0 aromatic heterocycles. The van der Waals surface area contributed by atoms with Gasteiger partial charge in [0.05, 0.1) is 6.61 Å². The first kappa shape index (κ1) is 12.0. The fourth-order valence-corrected chi connectivity index (χ4v) is 1.84. The molecule has 0 saturated carbocycles. The van der Waals surface area contributed by atoms with Crippen LogP contribution in [0.25, 0.3) is 0 Å². The highest BCUT2D eigenvalue weighted by Gasteiger charge is 2.21. The lowest BCUT2D eigenvalue weighted by atomic mass is 10.0. The van der Waals surface area contributed by atoms with Crippen LogP contribution in [-0.2, 0) is 4.74 Å². The minimum Gasteiger partial charge on any atom is -0.496 e. The molecule has 0 bridgehead atoms. The summed E-state index contributed by atoms with van der Waals surface area (Å²) in [6.07, 6.45) is 3.68. The third-order valence-electron chi connectivity index (χ3n) is 2.69. The molecule has 3 nitrogen and oxygen atoms in total. The first-order valence-corrected chi connectivity index (χ1v) is 5.46. The van der Waals surface area contributed by atoms with E-state index < -0.39 is 17.7 Å². The molecule has 0 fully saturated rings. The molecule has 1 aliphatic rings. The standard InChI is InChI=1S/C12H14F2N2O/c13-8-4-5-9(10(14)7-8)12(16-15)11-3-1-2-6-17-11/h3-5,7,12,16H,1-2,6,15H2. The Bertz CT molecular complexity index is 435. The first-order valence-electron chi connectivity index (χ1n) is 5.46. The molecule has 1 atom stereocenters. The van der Waals surface area contributed by atoms with E-state index in [4.69, 9.17) is 10.6 Å². The Labute approximate surface area is 98.2 Å². The average molecular weight is 240 g/mol. The second-order valence-corrected chi connectivity index (χ2v) is 3.86. The van der Waals surface area contributed by atoms with Gasteiger partial charge in [0.1, 0.15) is 23.4 Å². The maximum atomic E-state index is 13.6. The van der Waals surface area contributed by atoms with Gasteiger partial charge in [-0.2, -0.15) is 0 Å². The summed E-state index contributed by atoms with van der Waals surface area (Å²) in [6, 6.07) is 2.83. The van der Waals surface area contributed by atoms with Crippen LogP contribution in [0, 0.1) is 11.6 Å². The number of ether oxygens (including phenoxy) is 1. The predicted octanol–water partition coefficient (Wildman–Crippen LogP) is 2.16. The second kappa shape index (κ2) is 5.25. The number of hydrazine groups is 1. The van der Waals surface area contributed by atoms with Crippen molar-refractivity contribution in [3.8, 4) is 0 Å². The summed E-state index contributed by atoms with van der Waals surface area (Å²) in [4.78, 5) is 0. The molecule has 0 aliphatic carbocycles. The topological polar surface area (TPSA) is 47.3 Å². The van der Waals surface area contributed by atoms with Crippen LogP contribution in [0.1, 0.15) is 24.4 Å². The zero-order valence-corrected chi connectivity index (χ0v) is 9.25. The van der Waals surface area contributed by atoms with E-state index in [1.165, 1.54) is 12.1 Å². The largest absolute Gasteiger partial charge is 0.496 e. The van der Waals surface area contributed by atoms with Crippen molar-refractivity contribution >= 4 is 0 Å². The van der Waals surface area contributed by atoms with Crippen LogP contribution in [0.4, 0.5) is 8.78 Å². The van der Waals surface area contributed by atoms with Crippen molar-refractivity contribution in [2.45, 2.75) is 18.9 Å². The smallest absolute Gasteiger partial charge is 0.131 e. The molecule has 1 unspecified atom stereocenters. The van der Waals surface area contributed by atoms with Crippen molar-refractivity contribution in [2.24, 2.45) is 5.84 Å². The van der Waals surface area contributed by atoms with Gasteiger partial charge in [-0.3, -0.25) is 5.84 Å². The molecule has 2 rings (SSSR count). The molecule has 0 saturated heterocycles. The summed E-state index contributed by atoms with van der Waals surface area (Å²) in [7, 11) is 0. The highest BCUT2D eigenvalue weighted by atomic mass is 19.1. The normalized spacial score (nSPS) is 17.2. The summed E-state index contributed by atoms with van der Waals surface area (Å²) < 4.78 is 31.9. The SMILES string of the molecule is NNC(C1=CCCCO1)c1ccc(F)cc1F. The lowest BCUT2D eigenvalue weighted by Crippen LogP contribution is -2.31. The van der Waals surface area contributed by atoms with Gasteiger partial charge < -0.3 is 4.74 Å². The van der Waals surface area contributed by atoms with Crippen molar-refractivity contribution in [1.29, 1.82) is 0 Å². The molecule has 1 aromatic rings. The van der Waals surface area contributed by atoms with Gasteiger partial charge in [0, 0.05) is 11.6 Å². The Morgan fingerprint density at radius 2 is 2.18 bits per heavy atom. The number of hydrogen-bond acceptors (Lipinski definition) is 3. The van der Waals surface area contributed by atoms with Crippen LogP contribution in [0.3, 0.4) is 0 Å². The quantitative estimate of drug-likeness (QED) is 0.628. The molecule has 5 heteroatoms. The van der Waals surface area contributed by atoms with Gasteiger partial charge in [0.25, 0.3) is 0 Å². The Hall–Kier alpha value is -1.46. The monoisotopic (exact) mass is 240 g/mol. The van der Waals surface area contributed by atoms with Crippen LogP contribution < -0.4 is 11.3 Å². The van der Waals surface area contributed by atoms with Crippen LogP contribution in [0.5, 0.6) is 0 Å². The Morgan fingerprint density at radius 3 is 2.76 bits per heavy atom. The lowest BCUT2D eigenvalue weighted by Gasteiger charge is -2.23. The third kappa shape index (κ3) is 2.62. The minimum atomic E-state index is -0.636. The van der Waals surface area contributed by atoms with E-state index in [9.17, 15) is 8.78 Å². The lowest BCUT2D eigenvalue weighted by molar-refractivity contribution is 0.167. The number of nitrogens with two attached hydrogens (primary N) is 1. The van der Waals surface area contributed by atoms with Crippen LogP contribution in [0.15, 0.2) is 30.0 Å². The second-order valence-electron chi connectivity index (χ2n) is 3.86. The van der Waals surface area contributed by atoms with E-state index in [1.807, 2.05) is 6.08 Å². The molecule has 17 heavy (non-hydrogen) atoms. The van der Waals surface area contributed by atoms with Crippen molar-refractivity contribution in [1.82, 2.24) is 5.43 Å². The molecular formula is C12H14F2N2O. The Kier molecular flexibility index (Phi) is 3.71. The molecule has 92 valence electrons. The summed E-state index contributed by atoms with van der Waals surface area (Å²) in [5.41, 5.74) is 2.77. The van der Waals surface area contributed by atoms with Gasteiger partial charge in [-0.15, -0.1) is 0 Å².